The standard InChI is InChI=1S/C17H22N4O4/c1-11(2)21-9-13(15(22)14(10-21)17(24)25)16(23)19(4)7-8-20-6-5-18-12(20)3/h5-6,9-11H,7-8H2,1-4H3,(H,24,25). The van der Waals surface area contributed by atoms with Crippen molar-refractivity contribution in [3.63, 3.8) is 0 Å². The number of carbonyl (C=O) groups is 2. The number of hydrogen-bond acceptors (Lipinski definition) is 4. The molecule has 0 spiro atoms. The van der Waals surface area contributed by atoms with E-state index in [9.17, 15) is 19.5 Å². The molecule has 2 aromatic heterocycles. The molecule has 0 bridgehead atoms. The Morgan fingerprint density at radius 2 is 1.92 bits per heavy atom. The zero-order valence-electron chi connectivity index (χ0n) is 14.8. The van der Waals surface area contributed by atoms with Gasteiger partial charge in [-0.3, -0.25) is 9.59 Å². The van der Waals surface area contributed by atoms with E-state index < -0.39 is 22.9 Å². The quantitative estimate of drug-likeness (QED) is 0.853. The van der Waals surface area contributed by atoms with E-state index in [0.29, 0.717) is 13.1 Å². The lowest BCUT2D eigenvalue weighted by Crippen LogP contribution is -2.35. The number of carbonyl (C=O) groups excluding carboxylic acids is 1. The second kappa shape index (κ2) is 7.33. The van der Waals surface area contributed by atoms with E-state index in [-0.39, 0.29) is 11.6 Å². The Balaban J connectivity index is 2.29. The molecule has 134 valence electrons. The zero-order valence-corrected chi connectivity index (χ0v) is 14.8. The summed E-state index contributed by atoms with van der Waals surface area (Å²) in [5, 5.41) is 9.23. The maximum absolute atomic E-state index is 12.7. The Morgan fingerprint density at radius 3 is 2.44 bits per heavy atom. The van der Waals surface area contributed by atoms with E-state index in [2.05, 4.69) is 4.98 Å². The number of amides is 1. The van der Waals surface area contributed by atoms with Crippen LogP contribution in [0.4, 0.5) is 0 Å². The highest BCUT2D eigenvalue weighted by molar-refractivity contribution is 5.96. The van der Waals surface area contributed by atoms with Crippen LogP contribution in [-0.4, -0.2) is 49.6 Å². The number of pyridine rings is 1. The van der Waals surface area contributed by atoms with Gasteiger partial charge < -0.3 is 19.1 Å². The molecule has 0 fully saturated rings. The van der Waals surface area contributed by atoms with E-state index in [4.69, 9.17) is 0 Å². The second-order valence-electron chi connectivity index (χ2n) is 6.16. The molecule has 0 saturated carbocycles. The average Bonchev–Trinajstić information content (AvgIpc) is 2.96. The van der Waals surface area contributed by atoms with Crippen LogP contribution in [0.15, 0.2) is 29.6 Å². The van der Waals surface area contributed by atoms with Gasteiger partial charge >= 0.3 is 5.97 Å². The number of rotatable bonds is 6. The van der Waals surface area contributed by atoms with Crippen molar-refractivity contribution < 1.29 is 14.7 Å². The fraction of sp³-hybridized carbons (Fsp3) is 0.412. The molecule has 0 unspecified atom stereocenters. The van der Waals surface area contributed by atoms with Gasteiger partial charge in [0.15, 0.2) is 0 Å². The number of nitrogens with zero attached hydrogens (tertiary/aromatic N) is 4. The average molecular weight is 346 g/mol. The monoisotopic (exact) mass is 346 g/mol. The van der Waals surface area contributed by atoms with Crippen LogP contribution in [-0.2, 0) is 6.54 Å². The lowest BCUT2D eigenvalue weighted by atomic mass is 10.1. The van der Waals surface area contributed by atoms with Crippen molar-refractivity contribution in [1.82, 2.24) is 19.0 Å². The van der Waals surface area contributed by atoms with E-state index in [0.717, 1.165) is 5.82 Å². The predicted molar refractivity (Wildman–Crippen MR) is 92.0 cm³/mol. The van der Waals surface area contributed by atoms with Crippen molar-refractivity contribution in [1.29, 1.82) is 0 Å². The van der Waals surface area contributed by atoms with Gasteiger partial charge in [0.25, 0.3) is 5.91 Å². The Bertz CT molecular complexity index is 851. The molecule has 8 heteroatoms. The van der Waals surface area contributed by atoms with Gasteiger partial charge in [-0.2, -0.15) is 0 Å². The van der Waals surface area contributed by atoms with E-state index in [1.54, 1.807) is 17.8 Å². The summed E-state index contributed by atoms with van der Waals surface area (Å²) in [6.45, 7) is 6.45. The molecular formula is C17H22N4O4. The number of carboxylic acid groups (broad SMARTS) is 1. The maximum Gasteiger partial charge on any atom is 0.341 e. The maximum atomic E-state index is 12.7. The molecule has 0 aromatic carbocycles. The lowest BCUT2D eigenvalue weighted by Gasteiger charge is -2.19. The van der Waals surface area contributed by atoms with Crippen LogP contribution < -0.4 is 5.43 Å². The van der Waals surface area contributed by atoms with Crippen molar-refractivity contribution in [3.05, 3.63) is 52.0 Å². The fourth-order valence-corrected chi connectivity index (χ4v) is 2.41. The molecule has 0 aliphatic rings. The number of aryl methyl sites for hydroxylation is 1. The summed E-state index contributed by atoms with van der Waals surface area (Å²) in [5.41, 5.74) is -1.31. The van der Waals surface area contributed by atoms with Gasteiger partial charge in [0.1, 0.15) is 17.0 Å². The third-order valence-corrected chi connectivity index (χ3v) is 4.05. The Hall–Kier alpha value is -2.90. The van der Waals surface area contributed by atoms with Crippen molar-refractivity contribution in [3.8, 4) is 0 Å². The summed E-state index contributed by atoms with van der Waals surface area (Å²) >= 11 is 0. The van der Waals surface area contributed by atoms with E-state index >= 15 is 0 Å². The summed E-state index contributed by atoms with van der Waals surface area (Å²) in [6, 6.07) is -0.0795. The van der Waals surface area contributed by atoms with Crippen LogP contribution in [0.25, 0.3) is 0 Å². The molecule has 1 N–H and O–H groups in total. The van der Waals surface area contributed by atoms with Gasteiger partial charge in [0.05, 0.1) is 0 Å². The molecule has 2 heterocycles. The summed E-state index contributed by atoms with van der Waals surface area (Å²) in [4.78, 5) is 41.9. The summed E-state index contributed by atoms with van der Waals surface area (Å²) in [7, 11) is 1.58. The largest absolute Gasteiger partial charge is 0.477 e. The summed E-state index contributed by atoms with van der Waals surface area (Å²) in [5.74, 6) is -1.01. The van der Waals surface area contributed by atoms with Crippen LogP contribution in [0.5, 0.6) is 0 Å². The minimum atomic E-state index is -1.34. The highest BCUT2D eigenvalue weighted by Crippen LogP contribution is 2.09. The highest BCUT2D eigenvalue weighted by Gasteiger charge is 2.22. The van der Waals surface area contributed by atoms with Crippen molar-refractivity contribution in [2.24, 2.45) is 0 Å². The van der Waals surface area contributed by atoms with Gasteiger partial charge in [-0.15, -0.1) is 0 Å². The minimum absolute atomic E-state index is 0.0795. The van der Waals surface area contributed by atoms with Gasteiger partial charge in [-0.25, -0.2) is 9.78 Å². The molecule has 0 radical (unpaired) electrons. The Morgan fingerprint density at radius 1 is 1.28 bits per heavy atom. The van der Waals surface area contributed by atoms with Crippen LogP contribution in [0.1, 0.15) is 46.4 Å². The molecule has 25 heavy (non-hydrogen) atoms. The van der Waals surface area contributed by atoms with E-state index in [1.807, 2.05) is 31.5 Å². The first kappa shape index (κ1) is 18.4. The third kappa shape index (κ3) is 3.96. The van der Waals surface area contributed by atoms with Crippen molar-refractivity contribution >= 4 is 11.9 Å². The molecule has 0 aliphatic carbocycles. The van der Waals surface area contributed by atoms with Crippen LogP contribution in [0.3, 0.4) is 0 Å². The molecule has 0 saturated heterocycles. The molecule has 2 rings (SSSR count). The van der Waals surface area contributed by atoms with Crippen LogP contribution in [0.2, 0.25) is 0 Å². The second-order valence-corrected chi connectivity index (χ2v) is 6.16. The topological polar surface area (TPSA) is 97.4 Å². The van der Waals surface area contributed by atoms with Crippen molar-refractivity contribution in [2.45, 2.75) is 33.4 Å². The Labute approximate surface area is 145 Å². The lowest BCUT2D eigenvalue weighted by molar-refractivity contribution is 0.0694. The number of imidazole rings is 1. The van der Waals surface area contributed by atoms with Gasteiger partial charge in [0, 0.05) is 51.0 Å². The van der Waals surface area contributed by atoms with Crippen LogP contribution in [0, 0.1) is 6.92 Å². The number of aromatic carboxylic acids is 1. The number of hydrogen-bond donors (Lipinski definition) is 1. The first-order chi connectivity index (χ1) is 11.7. The zero-order chi connectivity index (χ0) is 18.7. The van der Waals surface area contributed by atoms with Gasteiger partial charge in [0.2, 0.25) is 5.43 Å². The van der Waals surface area contributed by atoms with Gasteiger partial charge in [-0.1, -0.05) is 0 Å². The molecular weight excluding hydrogens is 324 g/mol. The van der Waals surface area contributed by atoms with Crippen molar-refractivity contribution in [2.75, 3.05) is 13.6 Å². The first-order valence-electron chi connectivity index (χ1n) is 7.94. The normalized spacial score (nSPS) is 10.9. The fourth-order valence-electron chi connectivity index (χ4n) is 2.41. The molecule has 8 nitrogen and oxygen atoms in total. The third-order valence-electron chi connectivity index (χ3n) is 4.05. The first-order valence-corrected chi connectivity index (χ1v) is 7.94. The highest BCUT2D eigenvalue weighted by atomic mass is 16.4. The predicted octanol–water partition coefficient (Wildman–Crippen LogP) is 1.40. The molecule has 2 aromatic rings. The minimum Gasteiger partial charge on any atom is -0.477 e. The molecule has 0 atom stereocenters. The molecule has 1 amide bonds. The number of likely N-dealkylation sites (N-methyl/N-ethyl adjacent to an activating group) is 1. The smallest absolute Gasteiger partial charge is 0.341 e. The SMILES string of the molecule is Cc1nccn1CCN(C)C(=O)c1cn(C(C)C)cc(C(=O)O)c1=O. The number of carboxylic acids is 1. The number of aromatic nitrogens is 3. The van der Waals surface area contributed by atoms with E-state index in [1.165, 1.54) is 17.3 Å². The Kier molecular flexibility index (Phi) is 5.41. The summed E-state index contributed by atoms with van der Waals surface area (Å²) in [6.07, 6.45) is 6.17. The van der Waals surface area contributed by atoms with Gasteiger partial charge in [-0.05, 0) is 20.8 Å². The van der Waals surface area contributed by atoms with Crippen LogP contribution >= 0.6 is 0 Å². The summed E-state index contributed by atoms with van der Waals surface area (Å²) < 4.78 is 3.45. The molecule has 0 aliphatic heterocycles.